The average Bonchev–Trinajstić information content (AvgIpc) is 3.25. The maximum atomic E-state index is 12.0. The van der Waals surface area contributed by atoms with E-state index < -0.39 is 17.3 Å². The number of likely N-dealkylation sites (N-methyl/N-ethyl adjacent to an activating group) is 1. The van der Waals surface area contributed by atoms with E-state index in [2.05, 4.69) is 5.32 Å². The number of fused-ring (bicyclic) bond motifs is 1. The van der Waals surface area contributed by atoms with Crippen LogP contribution in [0.1, 0.15) is 12.8 Å². The van der Waals surface area contributed by atoms with Gasteiger partial charge in [0, 0.05) is 12.7 Å². The monoisotopic (exact) mass is 290 g/mol. The lowest BCUT2D eigenvalue weighted by atomic mass is 10.1. The number of carboxylic acids is 1. The van der Waals surface area contributed by atoms with Gasteiger partial charge in [-0.25, -0.2) is 0 Å². The van der Waals surface area contributed by atoms with Crippen LogP contribution in [0.15, 0.2) is 18.2 Å². The number of rotatable bonds is 3. The van der Waals surface area contributed by atoms with Crippen molar-refractivity contribution in [1.82, 2.24) is 0 Å². The Kier molecular flexibility index (Phi) is 2.86. The Hall–Kier alpha value is -2.57. The third-order valence-corrected chi connectivity index (χ3v) is 3.90. The molecule has 0 spiro atoms. The summed E-state index contributed by atoms with van der Waals surface area (Å²) in [6, 6.07) is 4.87. The number of amides is 2. The third-order valence-electron chi connectivity index (χ3n) is 3.90. The average molecular weight is 290 g/mol. The molecular weight excluding hydrogens is 276 g/mol. The van der Waals surface area contributed by atoms with E-state index in [1.165, 1.54) is 4.90 Å². The molecule has 2 N–H and O–H groups in total. The molecule has 3 rings (SSSR count). The summed E-state index contributed by atoms with van der Waals surface area (Å²) in [7, 11) is 1.62. The van der Waals surface area contributed by atoms with Gasteiger partial charge in [-0.05, 0) is 31.0 Å². The highest BCUT2D eigenvalue weighted by atomic mass is 16.5. The number of carboxylic acid groups (broad SMARTS) is 1. The maximum absolute atomic E-state index is 12.0. The quantitative estimate of drug-likeness (QED) is 0.804. The lowest BCUT2D eigenvalue weighted by molar-refractivity contribution is -0.147. The second kappa shape index (κ2) is 4.47. The number of carbonyl (C=O) groups excluding carboxylic acids is 2. The Morgan fingerprint density at radius 2 is 2.10 bits per heavy atom. The van der Waals surface area contributed by atoms with Crippen molar-refractivity contribution in [3.05, 3.63) is 18.2 Å². The Balaban J connectivity index is 1.83. The zero-order chi connectivity index (χ0) is 15.2. The minimum absolute atomic E-state index is 0.0165. The first-order chi connectivity index (χ1) is 9.94. The van der Waals surface area contributed by atoms with E-state index in [1.807, 2.05) is 0 Å². The molecule has 1 fully saturated rings. The lowest BCUT2D eigenvalue weighted by Crippen LogP contribution is -2.35. The van der Waals surface area contributed by atoms with E-state index >= 15 is 0 Å². The van der Waals surface area contributed by atoms with E-state index in [9.17, 15) is 14.4 Å². The summed E-state index contributed by atoms with van der Waals surface area (Å²) in [5.41, 5.74) is -0.311. The van der Waals surface area contributed by atoms with E-state index in [1.54, 1.807) is 25.2 Å². The fourth-order valence-electron chi connectivity index (χ4n) is 2.26. The van der Waals surface area contributed by atoms with Crippen LogP contribution in [0.2, 0.25) is 0 Å². The predicted octanol–water partition coefficient (Wildman–Crippen LogP) is 0.845. The number of benzene rings is 1. The van der Waals surface area contributed by atoms with Gasteiger partial charge in [0.15, 0.2) is 6.61 Å². The molecule has 1 aromatic carbocycles. The molecule has 1 aliphatic carbocycles. The van der Waals surface area contributed by atoms with Gasteiger partial charge in [-0.3, -0.25) is 14.4 Å². The van der Waals surface area contributed by atoms with Gasteiger partial charge in [0.1, 0.15) is 11.2 Å². The van der Waals surface area contributed by atoms with Crippen molar-refractivity contribution in [3.63, 3.8) is 0 Å². The summed E-state index contributed by atoms with van der Waals surface area (Å²) in [6.45, 7) is -0.0165. The van der Waals surface area contributed by atoms with Crippen molar-refractivity contribution in [2.75, 3.05) is 23.9 Å². The van der Waals surface area contributed by atoms with Crippen LogP contribution in [0.5, 0.6) is 5.75 Å². The van der Waals surface area contributed by atoms with Gasteiger partial charge >= 0.3 is 5.97 Å². The van der Waals surface area contributed by atoms with E-state index in [0.717, 1.165) is 0 Å². The fourth-order valence-corrected chi connectivity index (χ4v) is 2.26. The Labute approximate surface area is 120 Å². The first-order valence-corrected chi connectivity index (χ1v) is 6.52. The molecular formula is C14H14N2O5. The van der Waals surface area contributed by atoms with Gasteiger partial charge in [0.05, 0.1) is 5.69 Å². The van der Waals surface area contributed by atoms with Crippen LogP contribution >= 0.6 is 0 Å². The summed E-state index contributed by atoms with van der Waals surface area (Å²) in [5, 5.41) is 11.7. The standard InChI is InChI=1S/C14H14N2O5/c1-16-9-6-8(2-3-10(9)21-7-11(16)17)15-12(18)14(4-5-14)13(19)20/h2-3,6H,4-5,7H2,1H3,(H,15,18)(H,19,20). The molecule has 0 atom stereocenters. The molecule has 0 radical (unpaired) electrons. The Bertz CT molecular complexity index is 651. The summed E-state index contributed by atoms with van der Waals surface area (Å²) in [6.07, 6.45) is 0.696. The SMILES string of the molecule is CN1C(=O)COc2ccc(NC(=O)C3(C(=O)O)CC3)cc21. The molecule has 7 heteroatoms. The van der Waals surface area contributed by atoms with Crippen LogP contribution in [0.4, 0.5) is 11.4 Å². The van der Waals surface area contributed by atoms with Gasteiger partial charge in [0.2, 0.25) is 5.91 Å². The molecule has 0 aromatic heterocycles. The number of hydrogen-bond donors (Lipinski definition) is 2. The number of anilines is 2. The van der Waals surface area contributed by atoms with Crippen molar-refractivity contribution >= 4 is 29.2 Å². The fraction of sp³-hybridized carbons (Fsp3) is 0.357. The van der Waals surface area contributed by atoms with Gasteiger partial charge < -0.3 is 20.1 Å². The van der Waals surface area contributed by atoms with Crippen LogP contribution in [-0.4, -0.2) is 36.5 Å². The summed E-state index contributed by atoms with van der Waals surface area (Å²) < 4.78 is 5.29. The zero-order valence-corrected chi connectivity index (χ0v) is 11.4. The molecule has 21 heavy (non-hydrogen) atoms. The van der Waals surface area contributed by atoms with Crippen LogP contribution in [0.25, 0.3) is 0 Å². The van der Waals surface area contributed by atoms with Crippen LogP contribution < -0.4 is 15.0 Å². The molecule has 2 amide bonds. The summed E-state index contributed by atoms with van der Waals surface area (Å²) in [4.78, 5) is 36.2. The second-order valence-electron chi connectivity index (χ2n) is 5.27. The minimum atomic E-state index is -1.30. The highest BCUT2D eigenvalue weighted by molar-refractivity contribution is 6.11. The van der Waals surface area contributed by atoms with Gasteiger partial charge in [-0.2, -0.15) is 0 Å². The lowest BCUT2D eigenvalue weighted by Gasteiger charge is -2.26. The number of ether oxygens (including phenoxy) is 1. The van der Waals surface area contributed by atoms with E-state index in [4.69, 9.17) is 9.84 Å². The first-order valence-electron chi connectivity index (χ1n) is 6.52. The molecule has 7 nitrogen and oxygen atoms in total. The highest BCUT2D eigenvalue weighted by Crippen LogP contribution is 2.47. The van der Waals surface area contributed by atoms with Crippen molar-refractivity contribution in [1.29, 1.82) is 0 Å². The third kappa shape index (κ3) is 2.10. The molecule has 1 aromatic rings. The van der Waals surface area contributed by atoms with E-state index in [0.29, 0.717) is 30.0 Å². The highest BCUT2D eigenvalue weighted by Gasteiger charge is 2.57. The first kappa shape index (κ1) is 13.4. The summed E-state index contributed by atoms with van der Waals surface area (Å²) >= 11 is 0. The summed E-state index contributed by atoms with van der Waals surface area (Å²) in [5.74, 6) is -1.26. The molecule has 0 saturated heterocycles. The number of hydrogen-bond acceptors (Lipinski definition) is 4. The smallest absolute Gasteiger partial charge is 0.319 e. The molecule has 1 aliphatic heterocycles. The molecule has 0 unspecified atom stereocenters. The number of nitrogens with zero attached hydrogens (tertiary/aromatic N) is 1. The number of nitrogens with one attached hydrogen (secondary N) is 1. The van der Waals surface area contributed by atoms with Gasteiger partial charge in [-0.1, -0.05) is 0 Å². The molecule has 1 heterocycles. The molecule has 110 valence electrons. The van der Waals surface area contributed by atoms with Crippen molar-refractivity contribution in [2.24, 2.45) is 5.41 Å². The number of aliphatic carboxylic acids is 1. The minimum Gasteiger partial charge on any atom is -0.482 e. The normalized spacial score (nSPS) is 18.5. The molecule has 1 saturated carbocycles. The molecule has 2 aliphatic rings. The van der Waals surface area contributed by atoms with Crippen LogP contribution in [0, 0.1) is 5.41 Å². The maximum Gasteiger partial charge on any atom is 0.319 e. The molecule has 0 bridgehead atoms. The van der Waals surface area contributed by atoms with Crippen LogP contribution in [0.3, 0.4) is 0 Å². The van der Waals surface area contributed by atoms with Crippen LogP contribution in [-0.2, 0) is 14.4 Å². The van der Waals surface area contributed by atoms with E-state index in [-0.39, 0.29) is 12.5 Å². The van der Waals surface area contributed by atoms with Gasteiger partial charge in [-0.15, -0.1) is 0 Å². The Morgan fingerprint density at radius 3 is 2.71 bits per heavy atom. The predicted molar refractivity (Wildman–Crippen MR) is 73.3 cm³/mol. The van der Waals surface area contributed by atoms with Gasteiger partial charge in [0.25, 0.3) is 5.91 Å². The Morgan fingerprint density at radius 1 is 1.38 bits per heavy atom. The van der Waals surface area contributed by atoms with Crippen molar-refractivity contribution in [3.8, 4) is 5.75 Å². The second-order valence-corrected chi connectivity index (χ2v) is 5.27. The zero-order valence-electron chi connectivity index (χ0n) is 11.4. The van der Waals surface area contributed by atoms with Crippen molar-refractivity contribution in [2.45, 2.75) is 12.8 Å². The number of carbonyl (C=O) groups is 3. The largest absolute Gasteiger partial charge is 0.482 e. The topological polar surface area (TPSA) is 95.9 Å². The van der Waals surface area contributed by atoms with Crippen molar-refractivity contribution < 1.29 is 24.2 Å².